The third-order valence-electron chi connectivity index (χ3n) is 3.38. The number of aromatic nitrogens is 2. The van der Waals surface area contributed by atoms with Crippen LogP contribution in [0.15, 0.2) is 17.8 Å². The molecule has 1 saturated heterocycles. The van der Waals surface area contributed by atoms with Gasteiger partial charge in [-0.25, -0.2) is 14.8 Å². The van der Waals surface area contributed by atoms with Crippen LogP contribution in [0.5, 0.6) is 0 Å². The van der Waals surface area contributed by atoms with E-state index in [0.717, 1.165) is 10.2 Å². The molecular formula is C12H13N3O3S. The Kier molecular flexibility index (Phi) is 3.08. The first kappa shape index (κ1) is 12.3. The van der Waals surface area contributed by atoms with E-state index >= 15 is 0 Å². The fourth-order valence-electron chi connectivity index (χ4n) is 2.23. The summed E-state index contributed by atoms with van der Waals surface area (Å²) in [6, 6.07) is 1.90. The van der Waals surface area contributed by atoms with Crippen LogP contribution in [0.2, 0.25) is 0 Å². The fourth-order valence-corrected chi connectivity index (χ4v) is 2.96. The predicted octanol–water partition coefficient (Wildman–Crippen LogP) is 1.74. The second-order valence-corrected chi connectivity index (χ2v) is 5.38. The Morgan fingerprint density at radius 1 is 1.42 bits per heavy atom. The van der Waals surface area contributed by atoms with Crippen molar-refractivity contribution < 1.29 is 14.6 Å². The van der Waals surface area contributed by atoms with Crippen LogP contribution < -0.4 is 5.32 Å². The fraction of sp³-hybridized carbons (Fsp3) is 0.417. The average Bonchev–Trinajstić information content (AvgIpc) is 2.89. The van der Waals surface area contributed by atoms with Gasteiger partial charge in [-0.1, -0.05) is 0 Å². The van der Waals surface area contributed by atoms with Crippen LogP contribution in [0.1, 0.15) is 12.8 Å². The lowest BCUT2D eigenvalue weighted by Crippen LogP contribution is -2.50. The number of nitrogens with one attached hydrogen (secondary N) is 1. The first-order chi connectivity index (χ1) is 9.21. The van der Waals surface area contributed by atoms with Gasteiger partial charge in [-0.15, -0.1) is 11.3 Å². The van der Waals surface area contributed by atoms with E-state index in [-0.39, 0.29) is 0 Å². The summed E-state index contributed by atoms with van der Waals surface area (Å²) in [5.74, 6) is -0.284. The quantitative estimate of drug-likeness (QED) is 0.890. The summed E-state index contributed by atoms with van der Waals surface area (Å²) >= 11 is 1.51. The molecule has 0 aromatic carbocycles. The summed E-state index contributed by atoms with van der Waals surface area (Å²) in [6.45, 7) is 0.883. The first-order valence-electron chi connectivity index (χ1n) is 5.99. The molecule has 2 aromatic rings. The second-order valence-electron chi connectivity index (χ2n) is 4.49. The molecular weight excluding hydrogens is 266 g/mol. The molecule has 2 N–H and O–H groups in total. The summed E-state index contributed by atoms with van der Waals surface area (Å²) < 4.78 is 5.25. The Balaban J connectivity index is 1.98. The first-order valence-corrected chi connectivity index (χ1v) is 6.87. The van der Waals surface area contributed by atoms with Gasteiger partial charge in [0.05, 0.1) is 5.39 Å². The summed E-state index contributed by atoms with van der Waals surface area (Å²) in [6.07, 6.45) is 2.31. The van der Waals surface area contributed by atoms with Crippen LogP contribution in [0.3, 0.4) is 0 Å². The minimum atomic E-state index is -0.999. The average molecular weight is 279 g/mol. The van der Waals surface area contributed by atoms with E-state index in [4.69, 9.17) is 4.74 Å². The number of hydrogen-bond donors (Lipinski definition) is 2. The number of carboxylic acids is 1. The molecule has 1 aliphatic rings. The summed E-state index contributed by atoms with van der Waals surface area (Å²) in [5.41, 5.74) is -0.999. The smallest absolute Gasteiger partial charge is 0.329 e. The van der Waals surface area contributed by atoms with Crippen molar-refractivity contribution in [3.63, 3.8) is 0 Å². The number of fused-ring (bicyclic) bond motifs is 1. The Labute approximate surface area is 113 Å². The van der Waals surface area contributed by atoms with Gasteiger partial charge in [-0.2, -0.15) is 0 Å². The van der Waals surface area contributed by atoms with E-state index in [9.17, 15) is 9.90 Å². The zero-order chi connectivity index (χ0) is 13.3. The number of anilines is 1. The summed E-state index contributed by atoms with van der Waals surface area (Å²) in [7, 11) is 0. The summed E-state index contributed by atoms with van der Waals surface area (Å²) in [5, 5.41) is 15.4. The number of rotatable bonds is 3. The maximum atomic E-state index is 11.6. The number of carboxylic acid groups (broad SMARTS) is 1. The van der Waals surface area contributed by atoms with Gasteiger partial charge in [-0.3, -0.25) is 0 Å². The molecule has 7 heteroatoms. The highest BCUT2D eigenvalue weighted by atomic mass is 32.1. The molecule has 0 saturated carbocycles. The van der Waals surface area contributed by atoms with Gasteiger partial charge in [-0.05, 0) is 11.4 Å². The Bertz CT molecular complexity index is 607. The maximum absolute atomic E-state index is 11.6. The van der Waals surface area contributed by atoms with E-state index in [1.807, 2.05) is 11.4 Å². The Morgan fingerprint density at radius 2 is 2.21 bits per heavy atom. The third-order valence-corrected chi connectivity index (χ3v) is 4.20. The van der Waals surface area contributed by atoms with Gasteiger partial charge in [0.2, 0.25) is 0 Å². The zero-order valence-electron chi connectivity index (χ0n) is 10.1. The summed E-state index contributed by atoms with van der Waals surface area (Å²) in [4.78, 5) is 20.8. The lowest BCUT2D eigenvalue weighted by atomic mass is 9.90. The molecule has 0 bridgehead atoms. The molecule has 0 unspecified atom stereocenters. The number of ether oxygens (including phenoxy) is 1. The minimum Gasteiger partial charge on any atom is -0.480 e. The van der Waals surface area contributed by atoms with E-state index in [2.05, 4.69) is 15.3 Å². The van der Waals surface area contributed by atoms with E-state index in [0.29, 0.717) is 31.9 Å². The Morgan fingerprint density at radius 3 is 2.95 bits per heavy atom. The van der Waals surface area contributed by atoms with Crippen LogP contribution >= 0.6 is 11.3 Å². The number of aliphatic carboxylic acids is 1. The normalized spacial score (nSPS) is 18.3. The molecule has 3 heterocycles. The highest BCUT2D eigenvalue weighted by Crippen LogP contribution is 2.30. The molecule has 3 rings (SSSR count). The largest absolute Gasteiger partial charge is 0.480 e. The molecule has 0 amide bonds. The zero-order valence-corrected chi connectivity index (χ0v) is 10.9. The monoisotopic (exact) mass is 279 g/mol. The predicted molar refractivity (Wildman–Crippen MR) is 71.5 cm³/mol. The van der Waals surface area contributed by atoms with Crippen molar-refractivity contribution in [2.24, 2.45) is 0 Å². The number of nitrogens with zero attached hydrogens (tertiary/aromatic N) is 2. The van der Waals surface area contributed by atoms with Gasteiger partial charge in [0, 0.05) is 26.1 Å². The van der Waals surface area contributed by atoms with Crippen molar-refractivity contribution in [2.75, 3.05) is 18.5 Å². The lowest BCUT2D eigenvalue weighted by molar-refractivity contribution is -0.145. The molecule has 19 heavy (non-hydrogen) atoms. The third kappa shape index (κ3) is 2.15. The van der Waals surface area contributed by atoms with E-state index < -0.39 is 11.5 Å². The SMILES string of the molecule is O=C(O)C1(Nc2ncnc3sccc23)CCOCC1. The van der Waals surface area contributed by atoms with Crippen molar-refractivity contribution in [2.45, 2.75) is 18.4 Å². The molecule has 100 valence electrons. The second kappa shape index (κ2) is 4.75. The van der Waals surface area contributed by atoms with Crippen molar-refractivity contribution in [1.29, 1.82) is 0 Å². The molecule has 6 nitrogen and oxygen atoms in total. The van der Waals surface area contributed by atoms with Crippen molar-refractivity contribution >= 4 is 33.3 Å². The molecule has 0 radical (unpaired) electrons. The molecule has 1 fully saturated rings. The van der Waals surface area contributed by atoms with Crippen LogP contribution in [0.4, 0.5) is 5.82 Å². The number of thiophene rings is 1. The standard InChI is InChI=1S/C12H13N3O3S/c16-11(17)12(2-4-18-5-3-12)15-9-8-1-6-19-10(8)14-7-13-9/h1,6-7H,2-5H2,(H,16,17)(H,13,14,15). The number of hydrogen-bond acceptors (Lipinski definition) is 6. The minimum absolute atomic E-state index is 0.429. The van der Waals surface area contributed by atoms with Gasteiger partial charge in [0.15, 0.2) is 0 Å². The van der Waals surface area contributed by atoms with Gasteiger partial charge >= 0.3 is 5.97 Å². The molecule has 0 aliphatic carbocycles. The van der Waals surface area contributed by atoms with Gasteiger partial charge in [0.1, 0.15) is 22.5 Å². The van der Waals surface area contributed by atoms with Gasteiger partial charge in [0.25, 0.3) is 0 Å². The van der Waals surface area contributed by atoms with Crippen molar-refractivity contribution in [3.8, 4) is 0 Å². The molecule has 0 atom stereocenters. The van der Waals surface area contributed by atoms with Crippen LogP contribution in [-0.4, -0.2) is 39.8 Å². The number of carbonyl (C=O) groups is 1. The van der Waals surface area contributed by atoms with E-state index in [1.54, 1.807) is 0 Å². The van der Waals surface area contributed by atoms with Gasteiger partial charge < -0.3 is 15.2 Å². The molecule has 1 aliphatic heterocycles. The Hall–Kier alpha value is -1.73. The molecule has 0 spiro atoms. The topological polar surface area (TPSA) is 84.3 Å². The maximum Gasteiger partial charge on any atom is 0.329 e. The highest BCUT2D eigenvalue weighted by Gasteiger charge is 2.40. The van der Waals surface area contributed by atoms with Crippen LogP contribution in [-0.2, 0) is 9.53 Å². The van der Waals surface area contributed by atoms with Crippen LogP contribution in [0.25, 0.3) is 10.2 Å². The lowest BCUT2D eigenvalue weighted by Gasteiger charge is -2.34. The molecule has 2 aromatic heterocycles. The van der Waals surface area contributed by atoms with Crippen LogP contribution in [0, 0.1) is 0 Å². The highest BCUT2D eigenvalue weighted by molar-refractivity contribution is 7.16. The van der Waals surface area contributed by atoms with Crippen molar-refractivity contribution in [1.82, 2.24) is 9.97 Å². The van der Waals surface area contributed by atoms with Crippen molar-refractivity contribution in [3.05, 3.63) is 17.8 Å². The van der Waals surface area contributed by atoms with E-state index in [1.165, 1.54) is 17.7 Å².